The van der Waals surface area contributed by atoms with E-state index in [2.05, 4.69) is 38.2 Å². The van der Waals surface area contributed by atoms with E-state index < -0.39 is 92.7 Å². The van der Waals surface area contributed by atoms with Crippen molar-refractivity contribution in [1.29, 1.82) is 0 Å². The molecular formula is C45H80O15. The number of unbranched alkanes of at least 4 members (excludes halogenated alkanes) is 16. The lowest BCUT2D eigenvalue weighted by Crippen LogP contribution is -2.61. The second kappa shape index (κ2) is 33.5. The number of aliphatic hydroxyl groups excluding tert-OH is 7. The molecule has 60 heavy (non-hydrogen) atoms. The van der Waals surface area contributed by atoms with Crippen molar-refractivity contribution in [2.45, 2.75) is 223 Å². The molecule has 0 saturated carbocycles. The number of carbonyl (C=O) groups is 2. The molecule has 350 valence electrons. The molecular weight excluding hydrogens is 780 g/mol. The minimum absolute atomic E-state index is 0.154. The molecule has 0 amide bonds. The smallest absolute Gasteiger partial charge is 0.306 e. The molecule has 2 aliphatic rings. The Morgan fingerprint density at radius 1 is 0.517 bits per heavy atom. The van der Waals surface area contributed by atoms with Crippen molar-refractivity contribution in [3.63, 3.8) is 0 Å². The van der Waals surface area contributed by atoms with Gasteiger partial charge >= 0.3 is 11.9 Å². The Balaban J connectivity index is 1.86. The van der Waals surface area contributed by atoms with Crippen LogP contribution in [0.5, 0.6) is 0 Å². The van der Waals surface area contributed by atoms with Gasteiger partial charge in [0, 0.05) is 12.8 Å². The molecule has 2 saturated heterocycles. The lowest BCUT2D eigenvalue weighted by Gasteiger charge is -2.42. The Hall–Kier alpha value is -2.02. The largest absolute Gasteiger partial charge is 0.462 e. The average molecular weight is 861 g/mol. The van der Waals surface area contributed by atoms with Gasteiger partial charge in [-0.25, -0.2) is 0 Å². The number of esters is 2. The van der Waals surface area contributed by atoms with E-state index >= 15 is 0 Å². The predicted octanol–water partition coefficient (Wildman–Crippen LogP) is 4.82. The van der Waals surface area contributed by atoms with Crippen LogP contribution < -0.4 is 0 Å². The number of ether oxygens (including phenoxy) is 6. The molecule has 0 spiro atoms. The highest BCUT2D eigenvalue weighted by molar-refractivity contribution is 5.70. The van der Waals surface area contributed by atoms with Crippen LogP contribution >= 0.6 is 0 Å². The fourth-order valence-electron chi connectivity index (χ4n) is 7.01. The highest BCUT2D eigenvalue weighted by atomic mass is 16.7. The van der Waals surface area contributed by atoms with Gasteiger partial charge in [0.1, 0.15) is 55.4 Å². The van der Waals surface area contributed by atoms with E-state index in [-0.39, 0.29) is 26.1 Å². The minimum atomic E-state index is -1.76. The van der Waals surface area contributed by atoms with Crippen molar-refractivity contribution in [3.05, 3.63) is 24.3 Å². The Labute approximate surface area is 358 Å². The van der Waals surface area contributed by atoms with Gasteiger partial charge in [0.25, 0.3) is 0 Å². The van der Waals surface area contributed by atoms with Crippen molar-refractivity contribution >= 4 is 11.9 Å². The minimum Gasteiger partial charge on any atom is -0.462 e. The molecule has 2 fully saturated rings. The Morgan fingerprint density at radius 2 is 0.967 bits per heavy atom. The number of hydrogen-bond donors (Lipinski definition) is 7. The summed E-state index contributed by atoms with van der Waals surface area (Å²) in [5, 5.41) is 71.8. The third-order valence-corrected chi connectivity index (χ3v) is 10.9. The average Bonchev–Trinajstić information content (AvgIpc) is 3.24. The molecule has 0 aliphatic carbocycles. The van der Waals surface area contributed by atoms with Crippen LogP contribution in [-0.4, -0.2) is 142 Å². The van der Waals surface area contributed by atoms with Crippen LogP contribution in [0, 0.1) is 0 Å². The van der Waals surface area contributed by atoms with Crippen molar-refractivity contribution in [2.24, 2.45) is 0 Å². The molecule has 7 N–H and O–H groups in total. The third kappa shape index (κ3) is 22.4. The molecule has 2 aliphatic heterocycles. The van der Waals surface area contributed by atoms with E-state index in [1.807, 2.05) is 0 Å². The maximum absolute atomic E-state index is 12.9. The highest BCUT2D eigenvalue weighted by Crippen LogP contribution is 2.26. The molecule has 15 nitrogen and oxygen atoms in total. The summed E-state index contributed by atoms with van der Waals surface area (Å²) < 4.78 is 33.4. The van der Waals surface area contributed by atoms with E-state index in [0.717, 1.165) is 77.0 Å². The zero-order valence-electron chi connectivity index (χ0n) is 36.4. The second-order valence-electron chi connectivity index (χ2n) is 16.2. The molecule has 11 atom stereocenters. The standard InChI is InChI=1S/C45H80O15/c1-3-5-7-9-11-13-15-16-18-19-21-23-25-27-36(47)55-30-33(58-37(48)28-26-24-22-20-17-14-12-10-8-6-4-2)31-56-44-43(54)41(52)39(50)35(60-44)32-57-45-42(53)40(51)38(49)34(29-46)59-45/h10,12-13,15,33-35,38-46,49-54H,3-9,11,14,16-32H2,1-2H3/b12-10+,15-13+/t33-,34-,35-,38+,39+,40?,41?,42?,43?,44-,45-/m1/s1. The number of rotatable bonds is 34. The van der Waals surface area contributed by atoms with Gasteiger partial charge < -0.3 is 64.2 Å². The van der Waals surface area contributed by atoms with Gasteiger partial charge in [-0.15, -0.1) is 0 Å². The molecule has 0 radical (unpaired) electrons. The first-order valence-electron chi connectivity index (χ1n) is 22.9. The Kier molecular flexibility index (Phi) is 30.2. The van der Waals surface area contributed by atoms with E-state index in [0.29, 0.717) is 12.8 Å². The zero-order valence-corrected chi connectivity index (χ0v) is 36.4. The molecule has 15 heteroatoms. The first-order chi connectivity index (χ1) is 29.0. The van der Waals surface area contributed by atoms with E-state index in [4.69, 9.17) is 28.4 Å². The van der Waals surface area contributed by atoms with Crippen LogP contribution in [0.3, 0.4) is 0 Å². The van der Waals surface area contributed by atoms with Gasteiger partial charge in [-0.05, 0) is 57.8 Å². The van der Waals surface area contributed by atoms with Crippen LogP contribution in [0.2, 0.25) is 0 Å². The molecule has 0 aromatic heterocycles. The van der Waals surface area contributed by atoms with Crippen molar-refractivity contribution < 1.29 is 73.8 Å². The van der Waals surface area contributed by atoms with Crippen molar-refractivity contribution in [3.8, 4) is 0 Å². The fourth-order valence-corrected chi connectivity index (χ4v) is 7.01. The van der Waals surface area contributed by atoms with Gasteiger partial charge in [0.15, 0.2) is 18.7 Å². The van der Waals surface area contributed by atoms with E-state index in [1.165, 1.54) is 38.5 Å². The summed E-state index contributed by atoms with van der Waals surface area (Å²) in [5.74, 6) is -0.948. The zero-order chi connectivity index (χ0) is 44.0. The van der Waals surface area contributed by atoms with E-state index in [9.17, 15) is 45.3 Å². The highest BCUT2D eigenvalue weighted by Gasteiger charge is 2.47. The molecule has 0 aromatic rings. The lowest BCUT2D eigenvalue weighted by molar-refractivity contribution is -0.332. The summed E-state index contributed by atoms with van der Waals surface area (Å²) in [5.41, 5.74) is 0. The number of hydrogen-bond acceptors (Lipinski definition) is 15. The monoisotopic (exact) mass is 861 g/mol. The van der Waals surface area contributed by atoms with Crippen molar-refractivity contribution in [1.82, 2.24) is 0 Å². The van der Waals surface area contributed by atoms with Gasteiger partial charge in [-0.3, -0.25) is 9.59 Å². The topological polar surface area (TPSA) is 231 Å². The predicted molar refractivity (Wildman–Crippen MR) is 224 cm³/mol. The maximum atomic E-state index is 12.9. The van der Waals surface area contributed by atoms with Gasteiger partial charge in [0.2, 0.25) is 0 Å². The molecule has 4 unspecified atom stereocenters. The Bertz CT molecular complexity index is 1150. The number of aliphatic hydroxyl groups is 7. The third-order valence-electron chi connectivity index (χ3n) is 10.9. The SMILES string of the molecule is CCCC/C=C/CCCCCCCC(=O)O[C@H](COC(=O)CCCCCCC/C=C/CCCCCC)CO[C@@H]1O[C@H](CO[C@@H]2O[C@H](CO)[C@H](O)C(O)C2O)[C@H](O)C(O)C1O. The Morgan fingerprint density at radius 3 is 1.52 bits per heavy atom. The summed E-state index contributed by atoms with van der Waals surface area (Å²) in [4.78, 5) is 25.6. The van der Waals surface area contributed by atoms with Gasteiger partial charge in [-0.1, -0.05) is 109 Å². The second-order valence-corrected chi connectivity index (χ2v) is 16.2. The van der Waals surface area contributed by atoms with Crippen LogP contribution in [0.1, 0.15) is 155 Å². The van der Waals surface area contributed by atoms with Crippen LogP contribution in [-0.2, 0) is 38.0 Å². The molecule has 0 bridgehead atoms. The fraction of sp³-hybridized carbons (Fsp3) is 0.867. The molecule has 2 heterocycles. The summed E-state index contributed by atoms with van der Waals surface area (Å²) in [6.07, 6.45) is 13.7. The first-order valence-corrected chi connectivity index (χ1v) is 22.9. The summed E-state index contributed by atoms with van der Waals surface area (Å²) >= 11 is 0. The number of allylic oxidation sites excluding steroid dienone is 4. The first kappa shape index (κ1) is 54.1. The van der Waals surface area contributed by atoms with Gasteiger partial charge in [-0.2, -0.15) is 0 Å². The maximum Gasteiger partial charge on any atom is 0.306 e. The summed E-state index contributed by atoms with van der Waals surface area (Å²) in [7, 11) is 0. The van der Waals surface area contributed by atoms with E-state index in [1.54, 1.807) is 0 Å². The van der Waals surface area contributed by atoms with Crippen LogP contribution in [0.15, 0.2) is 24.3 Å². The number of carbonyl (C=O) groups excluding carboxylic acids is 2. The quantitative estimate of drug-likeness (QED) is 0.0261. The van der Waals surface area contributed by atoms with Crippen LogP contribution in [0.25, 0.3) is 0 Å². The van der Waals surface area contributed by atoms with Crippen LogP contribution in [0.4, 0.5) is 0 Å². The van der Waals surface area contributed by atoms with Crippen molar-refractivity contribution in [2.75, 3.05) is 26.4 Å². The normalized spacial score (nSPS) is 27.8. The summed E-state index contributed by atoms with van der Waals surface area (Å²) in [6.45, 7) is 2.49. The summed E-state index contributed by atoms with van der Waals surface area (Å²) in [6, 6.07) is 0. The lowest BCUT2D eigenvalue weighted by atomic mass is 9.98. The van der Waals surface area contributed by atoms with Gasteiger partial charge in [0.05, 0.1) is 19.8 Å². The molecule has 0 aromatic carbocycles. The molecule has 2 rings (SSSR count).